The van der Waals surface area contributed by atoms with Crippen LogP contribution in [0.3, 0.4) is 0 Å². The normalized spacial score (nSPS) is 14.2. The number of thiophene rings is 1. The minimum atomic E-state index is -0.430. The van der Waals surface area contributed by atoms with Crippen LogP contribution in [0, 0.1) is 6.92 Å². The molecular weight excluding hydrogens is 360 g/mol. The summed E-state index contributed by atoms with van der Waals surface area (Å²) in [4.78, 5) is 26.4. The summed E-state index contributed by atoms with van der Waals surface area (Å²) >= 11 is 1.51. The Labute approximate surface area is 164 Å². The van der Waals surface area contributed by atoms with Crippen LogP contribution in [0.15, 0.2) is 24.3 Å². The summed E-state index contributed by atoms with van der Waals surface area (Å²) in [6.45, 7) is 5.94. The lowest BCUT2D eigenvalue weighted by Gasteiger charge is -2.16. The summed E-state index contributed by atoms with van der Waals surface area (Å²) in [6, 6.07) is 7.47. The second kappa shape index (κ2) is 8.57. The van der Waals surface area contributed by atoms with E-state index in [1.807, 2.05) is 38.1 Å². The topological polar surface area (TPSA) is 67.4 Å². The molecule has 0 spiro atoms. The first-order chi connectivity index (χ1) is 13.0. The number of ether oxygens (including phenoxy) is 1. The highest BCUT2D eigenvalue weighted by Crippen LogP contribution is 2.38. The van der Waals surface area contributed by atoms with Crippen LogP contribution >= 0.6 is 11.3 Å². The number of nitrogens with one attached hydrogen (secondary N) is 2. The fourth-order valence-corrected chi connectivity index (χ4v) is 4.62. The molecule has 1 amide bonds. The molecule has 6 heteroatoms. The van der Waals surface area contributed by atoms with Gasteiger partial charge in [-0.05, 0) is 69.7 Å². The third-order valence-electron chi connectivity index (χ3n) is 4.68. The summed E-state index contributed by atoms with van der Waals surface area (Å²) in [5.74, 6) is -0.507. The predicted molar refractivity (Wildman–Crippen MR) is 110 cm³/mol. The lowest BCUT2D eigenvalue weighted by Crippen LogP contribution is -2.32. The van der Waals surface area contributed by atoms with E-state index in [4.69, 9.17) is 4.74 Å². The van der Waals surface area contributed by atoms with Crippen LogP contribution in [0.2, 0.25) is 0 Å². The molecule has 27 heavy (non-hydrogen) atoms. The van der Waals surface area contributed by atoms with Crippen molar-refractivity contribution in [3.63, 3.8) is 0 Å². The molecule has 1 aromatic carbocycles. The van der Waals surface area contributed by atoms with Gasteiger partial charge >= 0.3 is 5.97 Å². The number of anilines is 2. The van der Waals surface area contributed by atoms with Crippen molar-refractivity contribution in [3.05, 3.63) is 45.8 Å². The van der Waals surface area contributed by atoms with E-state index in [0.717, 1.165) is 42.5 Å². The van der Waals surface area contributed by atoms with Crippen molar-refractivity contribution < 1.29 is 14.3 Å². The van der Waals surface area contributed by atoms with Gasteiger partial charge in [-0.2, -0.15) is 0 Å². The van der Waals surface area contributed by atoms with Crippen LogP contribution in [-0.4, -0.2) is 24.5 Å². The van der Waals surface area contributed by atoms with Gasteiger partial charge in [0.2, 0.25) is 5.91 Å². The Morgan fingerprint density at radius 1 is 1.26 bits per heavy atom. The van der Waals surface area contributed by atoms with Crippen molar-refractivity contribution in [1.82, 2.24) is 0 Å². The molecule has 1 aliphatic carbocycles. The molecule has 0 unspecified atom stereocenters. The molecule has 2 aromatic rings. The van der Waals surface area contributed by atoms with Crippen LogP contribution in [0.25, 0.3) is 0 Å². The molecule has 5 nitrogen and oxygen atoms in total. The van der Waals surface area contributed by atoms with Crippen LogP contribution in [0.1, 0.15) is 53.1 Å². The maximum Gasteiger partial charge on any atom is 0.341 e. The summed E-state index contributed by atoms with van der Waals surface area (Å²) in [5, 5.41) is 6.79. The summed E-state index contributed by atoms with van der Waals surface area (Å²) in [5.41, 5.74) is 3.63. The quantitative estimate of drug-likeness (QED) is 0.715. The highest BCUT2D eigenvalue weighted by atomic mass is 32.1. The average molecular weight is 387 g/mol. The van der Waals surface area contributed by atoms with E-state index in [1.165, 1.54) is 16.2 Å². The number of fused-ring (bicyclic) bond motifs is 1. The first kappa shape index (κ1) is 19.4. The number of carbonyl (C=O) groups is 2. The summed E-state index contributed by atoms with van der Waals surface area (Å²) < 4.78 is 5.24. The van der Waals surface area contributed by atoms with Gasteiger partial charge in [-0.3, -0.25) is 4.79 Å². The molecule has 1 atom stereocenters. The van der Waals surface area contributed by atoms with E-state index < -0.39 is 6.04 Å². The molecule has 0 radical (unpaired) electrons. The summed E-state index contributed by atoms with van der Waals surface area (Å²) in [7, 11) is 0. The molecule has 0 bridgehead atoms. The largest absolute Gasteiger partial charge is 0.462 e. The number of amides is 1. The Morgan fingerprint density at radius 3 is 2.78 bits per heavy atom. The molecule has 0 saturated heterocycles. The number of carbonyl (C=O) groups excluding carboxylic acids is 2. The molecular formula is C21H26N2O3S. The van der Waals surface area contributed by atoms with Crippen molar-refractivity contribution >= 4 is 33.9 Å². The van der Waals surface area contributed by atoms with E-state index >= 15 is 0 Å². The van der Waals surface area contributed by atoms with E-state index in [1.54, 1.807) is 6.92 Å². The third-order valence-corrected chi connectivity index (χ3v) is 5.89. The fourth-order valence-electron chi connectivity index (χ4n) is 3.34. The zero-order chi connectivity index (χ0) is 19.4. The van der Waals surface area contributed by atoms with Gasteiger partial charge < -0.3 is 15.4 Å². The van der Waals surface area contributed by atoms with Crippen LogP contribution in [0.4, 0.5) is 10.7 Å². The van der Waals surface area contributed by atoms with Crippen molar-refractivity contribution in [3.8, 4) is 0 Å². The van der Waals surface area contributed by atoms with Gasteiger partial charge in [-0.1, -0.05) is 12.1 Å². The van der Waals surface area contributed by atoms with Gasteiger partial charge in [-0.15, -0.1) is 11.3 Å². The molecule has 0 saturated carbocycles. The molecule has 1 heterocycles. The van der Waals surface area contributed by atoms with Crippen molar-refractivity contribution in [2.75, 3.05) is 17.2 Å². The number of benzene rings is 1. The zero-order valence-electron chi connectivity index (χ0n) is 16.1. The number of hydrogen-bond acceptors (Lipinski definition) is 5. The van der Waals surface area contributed by atoms with E-state index in [-0.39, 0.29) is 11.9 Å². The van der Waals surface area contributed by atoms with Crippen LogP contribution < -0.4 is 10.6 Å². The van der Waals surface area contributed by atoms with Gasteiger partial charge in [0.15, 0.2) is 0 Å². The molecule has 2 N–H and O–H groups in total. The van der Waals surface area contributed by atoms with Crippen molar-refractivity contribution in [1.29, 1.82) is 0 Å². The Balaban J connectivity index is 1.78. The Hall–Kier alpha value is -2.34. The van der Waals surface area contributed by atoms with Crippen molar-refractivity contribution in [2.45, 2.75) is 52.5 Å². The fraction of sp³-hybridized carbons (Fsp3) is 0.429. The highest BCUT2D eigenvalue weighted by molar-refractivity contribution is 7.17. The zero-order valence-corrected chi connectivity index (χ0v) is 16.9. The number of hydrogen-bond donors (Lipinski definition) is 2. The van der Waals surface area contributed by atoms with Gasteiger partial charge in [0.25, 0.3) is 0 Å². The van der Waals surface area contributed by atoms with Gasteiger partial charge in [0, 0.05) is 10.6 Å². The predicted octanol–water partition coefficient (Wildman–Crippen LogP) is 4.55. The lowest BCUT2D eigenvalue weighted by molar-refractivity contribution is -0.116. The number of rotatable bonds is 6. The maximum absolute atomic E-state index is 12.7. The smallest absolute Gasteiger partial charge is 0.341 e. The SMILES string of the molecule is CCOC(=O)c1c(NC(=O)[C@@H](C)Nc2cccc(C)c2)sc2c1CCCC2. The molecule has 0 aliphatic heterocycles. The highest BCUT2D eigenvalue weighted by Gasteiger charge is 2.28. The van der Waals surface area contributed by atoms with Crippen molar-refractivity contribution in [2.24, 2.45) is 0 Å². The second-order valence-corrected chi connectivity index (χ2v) is 7.97. The number of aryl methyl sites for hydroxylation is 2. The molecule has 0 fully saturated rings. The minimum Gasteiger partial charge on any atom is -0.462 e. The first-order valence-electron chi connectivity index (χ1n) is 9.45. The monoisotopic (exact) mass is 386 g/mol. The third kappa shape index (κ3) is 4.50. The van der Waals surface area contributed by atoms with E-state index in [0.29, 0.717) is 17.2 Å². The van der Waals surface area contributed by atoms with Crippen LogP contribution in [0.5, 0.6) is 0 Å². The Bertz CT molecular complexity index is 844. The van der Waals surface area contributed by atoms with Gasteiger partial charge in [0.1, 0.15) is 11.0 Å². The van der Waals surface area contributed by atoms with E-state index in [9.17, 15) is 9.59 Å². The molecule has 3 rings (SSSR count). The Morgan fingerprint density at radius 2 is 2.04 bits per heavy atom. The maximum atomic E-state index is 12.7. The molecule has 144 valence electrons. The van der Waals surface area contributed by atoms with E-state index in [2.05, 4.69) is 10.6 Å². The average Bonchev–Trinajstić information content (AvgIpc) is 2.99. The van der Waals surface area contributed by atoms with Gasteiger partial charge in [0.05, 0.1) is 12.2 Å². The number of esters is 1. The molecule has 1 aromatic heterocycles. The second-order valence-electron chi connectivity index (χ2n) is 6.86. The Kier molecular flexibility index (Phi) is 6.16. The van der Waals surface area contributed by atoms with Crippen LogP contribution in [-0.2, 0) is 22.4 Å². The summed E-state index contributed by atoms with van der Waals surface area (Å²) in [6.07, 6.45) is 4.01. The molecule has 1 aliphatic rings. The lowest BCUT2D eigenvalue weighted by atomic mass is 9.95. The standard InChI is InChI=1S/C21H26N2O3S/c1-4-26-21(25)18-16-10-5-6-11-17(16)27-20(18)23-19(24)14(3)22-15-9-7-8-13(2)12-15/h7-9,12,14,22H,4-6,10-11H2,1-3H3,(H,23,24)/t14-/m1/s1. The first-order valence-corrected chi connectivity index (χ1v) is 10.3. The van der Waals surface area contributed by atoms with Gasteiger partial charge in [-0.25, -0.2) is 4.79 Å². The minimum absolute atomic E-state index is 0.166.